The maximum absolute atomic E-state index is 13.3. The van der Waals surface area contributed by atoms with E-state index in [1.54, 1.807) is 25.1 Å². The van der Waals surface area contributed by atoms with Crippen LogP contribution < -0.4 is 5.73 Å². The zero-order valence-electron chi connectivity index (χ0n) is 15.7. The number of aliphatic hydroxyl groups is 2. The standard InChI is InChI=1S/C21H19NO7/c1-7-3-4-9-5-10-6-11-15(22)18(26)12(8(2)23)19(27)21(11,29)20(28)14(10)17(25)13(9)16(7)24/h3-5,11,15,24-26,29H,6,22H2,1-2H3/t11?,15-,21-/m1/s1. The average molecular weight is 397 g/mol. The van der Waals surface area contributed by atoms with Crippen LogP contribution in [0.4, 0.5) is 0 Å². The topological polar surface area (TPSA) is 158 Å². The third-order valence-corrected chi connectivity index (χ3v) is 6.02. The van der Waals surface area contributed by atoms with Crippen LogP contribution in [0.15, 0.2) is 29.5 Å². The second kappa shape index (κ2) is 5.88. The number of aromatic hydroxyl groups is 2. The molecule has 0 spiro atoms. The Morgan fingerprint density at radius 2 is 1.79 bits per heavy atom. The van der Waals surface area contributed by atoms with Crippen molar-refractivity contribution >= 4 is 28.1 Å². The Hall–Kier alpha value is -3.23. The van der Waals surface area contributed by atoms with Crippen LogP contribution in [0.25, 0.3) is 10.8 Å². The number of phenols is 2. The normalized spacial score (nSPS) is 26.5. The van der Waals surface area contributed by atoms with Gasteiger partial charge in [0.15, 0.2) is 11.4 Å². The second-order valence-electron chi connectivity index (χ2n) is 7.67. The van der Waals surface area contributed by atoms with Crippen molar-refractivity contribution < 1.29 is 34.8 Å². The van der Waals surface area contributed by atoms with Gasteiger partial charge in [0.2, 0.25) is 11.6 Å². The van der Waals surface area contributed by atoms with E-state index in [1.807, 2.05) is 0 Å². The summed E-state index contributed by atoms with van der Waals surface area (Å²) in [7, 11) is 0. The Kier molecular flexibility index (Phi) is 3.88. The molecule has 0 bridgehead atoms. The number of hydrogen-bond acceptors (Lipinski definition) is 8. The summed E-state index contributed by atoms with van der Waals surface area (Å²) in [6, 6.07) is 3.55. The van der Waals surface area contributed by atoms with E-state index in [1.165, 1.54) is 0 Å². The molecule has 4 rings (SSSR count). The molecule has 3 atom stereocenters. The minimum Gasteiger partial charge on any atom is -0.510 e. The van der Waals surface area contributed by atoms with E-state index >= 15 is 0 Å². The number of nitrogens with two attached hydrogens (primary N) is 1. The van der Waals surface area contributed by atoms with Crippen LogP contribution in [-0.2, 0) is 16.0 Å². The van der Waals surface area contributed by atoms with Crippen LogP contribution in [0.5, 0.6) is 11.5 Å². The highest BCUT2D eigenvalue weighted by molar-refractivity contribution is 6.33. The number of aryl methyl sites for hydroxylation is 1. The number of hydrogen-bond donors (Lipinski definition) is 5. The molecular formula is C21H19NO7. The molecule has 6 N–H and O–H groups in total. The minimum atomic E-state index is -2.70. The molecule has 2 aromatic rings. The van der Waals surface area contributed by atoms with E-state index in [4.69, 9.17) is 5.73 Å². The molecule has 8 heteroatoms. The molecule has 2 aliphatic rings. The molecule has 0 aromatic heterocycles. The summed E-state index contributed by atoms with van der Waals surface area (Å²) < 4.78 is 0. The lowest BCUT2D eigenvalue weighted by Gasteiger charge is -2.44. The fraction of sp³-hybridized carbons (Fsp3) is 0.286. The van der Waals surface area contributed by atoms with Crippen molar-refractivity contribution in [3.8, 4) is 11.5 Å². The fourth-order valence-corrected chi connectivity index (χ4v) is 4.44. The Labute approximate surface area is 164 Å². The molecule has 0 fully saturated rings. The smallest absolute Gasteiger partial charge is 0.209 e. The maximum Gasteiger partial charge on any atom is 0.209 e. The van der Waals surface area contributed by atoms with Gasteiger partial charge in [0.1, 0.15) is 22.8 Å². The van der Waals surface area contributed by atoms with E-state index in [-0.39, 0.29) is 23.1 Å². The van der Waals surface area contributed by atoms with E-state index in [0.29, 0.717) is 16.5 Å². The van der Waals surface area contributed by atoms with Gasteiger partial charge in [-0.1, -0.05) is 18.2 Å². The zero-order valence-corrected chi connectivity index (χ0v) is 15.7. The molecule has 0 saturated heterocycles. The molecule has 0 amide bonds. The molecule has 150 valence electrons. The molecule has 1 unspecified atom stereocenters. The fourth-order valence-electron chi connectivity index (χ4n) is 4.44. The first kappa shape index (κ1) is 19.1. The molecule has 0 heterocycles. The number of rotatable bonds is 1. The summed E-state index contributed by atoms with van der Waals surface area (Å²) in [6.45, 7) is 2.64. The number of carbonyl (C=O) groups excluding carboxylic acids is 3. The van der Waals surface area contributed by atoms with Gasteiger partial charge in [-0.3, -0.25) is 14.4 Å². The van der Waals surface area contributed by atoms with Gasteiger partial charge in [-0.05, 0) is 36.8 Å². The first-order valence-electron chi connectivity index (χ1n) is 9.00. The molecule has 8 nitrogen and oxygen atoms in total. The molecule has 2 aliphatic carbocycles. The van der Waals surface area contributed by atoms with Gasteiger partial charge in [-0.25, -0.2) is 0 Å². The van der Waals surface area contributed by atoms with Crippen LogP contribution in [0, 0.1) is 12.8 Å². The highest BCUT2D eigenvalue weighted by atomic mass is 16.3. The predicted molar refractivity (Wildman–Crippen MR) is 102 cm³/mol. The van der Waals surface area contributed by atoms with E-state index in [2.05, 4.69) is 0 Å². The van der Waals surface area contributed by atoms with Gasteiger partial charge in [0.05, 0.1) is 17.0 Å². The van der Waals surface area contributed by atoms with Gasteiger partial charge in [0, 0.05) is 5.92 Å². The summed E-state index contributed by atoms with van der Waals surface area (Å²) in [4.78, 5) is 38.0. The van der Waals surface area contributed by atoms with E-state index in [0.717, 1.165) is 6.92 Å². The van der Waals surface area contributed by atoms with Crippen molar-refractivity contribution in [1.29, 1.82) is 0 Å². The van der Waals surface area contributed by atoms with Crippen molar-refractivity contribution in [2.24, 2.45) is 11.7 Å². The highest BCUT2D eigenvalue weighted by Gasteiger charge is 2.61. The molecule has 0 radical (unpaired) electrons. The van der Waals surface area contributed by atoms with Gasteiger partial charge < -0.3 is 26.2 Å². The molecule has 29 heavy (non-hydrogen) atoms. The van der Waals surface area contributed by atoms with Crippen LogP contribution in [0.1, 0.15) is 28.4 Å². The van der Waals surface area contributed by atoms with Gasteiger partial charge in [-0.15, -0.1) is 0 Å². The lowest BCUT2D eigenvalue weighted by Crippen LogP contribution is -2.65. The van der Waals surface area contributed by atoms with Crippen molar-refractivity contribution in [1.82, 2.24) is 0 Å². The number of fused-ring (bicyclic) bond motifs is 3. The summed E-state index contributed by atoms with van der Waals surface area (Å²) in [6.07, 6.45) is -0.0993. The zero-order chi connectivity index (χ0) is 21.4. The quantitative estimate of drug-likeness (QED) is 0.351. The van der Waals surface area contributed by atoms with Crippen molar-refractivity contribution in [2.75, 3.05) is 0 Å². The number of benzene rings is 2. The van der Waals surface area contributed by atoms with Crippen molar-refractivity contribution in [3.05, 3.63) is 46.2 Å². The van der Waals surface area contributed by atoms with Crippen LogP contribution in [-0.4, -0.2) is 49.4 Å². The average Bonchev–Trinajstić information content (AvgIpc) is 2.65. The van der Waals surface area contributed by atoms with Crippen LogP contribution >= 0.6 is 0 Å². The van der Waals surface area contributed by atoms with E-state index in [9.17, 15) is 34.8 Å². The Morgan fingerprint density at radius 3 is 2.41 bits per heavy atom. The predicted octanol–water partition coefficient (Wildman–Crippen LogP) is 0.957. The maximum atomic E-state index is 13.3. The first-order valence-corrected chi connectivity index (χ1v) is 9.00. The SMILES string of the molecule is CC(=O)C1=C(O)[C@H](N)C2Cc3cc4ccc(C)c(O)c4c(O)c3C(=O)[C@]2(O)C1=O. The second-order valence-corrected chi connectivity index (χ2v) is 7.67. The molecule has 0 aliphatic heterocycles. The highest BCUT2D eigenvalue weighted by Crippen LogP contribution is 2.48. The summed E-state index contributed by atoms with van der Waals surface area (Å²) >= 11 is 0. The number of Topliss-reactive ketones (excluding diaryl/α,β-unsaturated/α-hetero) is 3. The summed E-state index contributed by atoms with van der Waals surface area (Å²) in [5.74, 6) is -5.84. The van der Waals surface area contributed by atoms with Gasteiger partial charge in [-0.2, -0.15) is 0 Å². The lowest BCUT2D eigenvalue weighted by atomic mass is 9.61. The van der Waals surface area contributed by atoms with Crippen LogP contribution in [0.2, 0.25) is 0 Å². The summed E-state index contributed by atoms with van der Waals surface area (Å²) in [5, 5.41) is 43.1. The number of ketones is 3. The monoisotopic (exact) mass is 397 g/mol. The van der Waals surface area contributed by atoms with Crippen molar-refractivity contribution in [3.63, 3.8) is 0 Å². The first-order chi connectivity index (χ1) is 13.5. The Bertz CT molecular complexity index is 1180. The van der Waals surface area contributed by atoms with Gasteiger partial charge in [0.25, 0.3) is 0 Å². The number of carbonyl (C=O) groups is 3. The molecular weight excluding hydrogens is 378 g/mol. The number of aliphatic hydroxyl groups excluding tert-OH is 1. The third kappa shape index (κ3) is 2.24. The Balaban J connectivity index is 2.02. The third-order valence-electron chi connectivity index (χ3n) is 6.02. The minimum absolute atomic E-state index is 0.0249. The molecule has 0 saturated carbocycles. The Morgan fingerprint density at radius 1 is 1.14 bits per heavy atom. The molecule has 2 aromatic carbocycles. The lowest BCUT2D eigenvalue weighted by molar-refractivity contribution is -0.138. The summed E-state index contributed by atoms with van der Waals surface area (Å²) in [5.41, 5.74) is 3.06. The largest absolute Gasteiger partial charge is 0.510 e. The van der Waals surface area contributed by atoms with E-state index < -0.39 is 52.0 Å². The van der Waals surface area contributed by atoms with Gasteiger partial charge >= 0.3 is 0 Å². The number of phenolic OH excluding ortho intramolecular Hbond substituents is 2. The van der Waals surface area contributed by atoms with Crippen LogP contribution in [0.3, 0.4) is 0 Å². The van der Waals surface area contributed by atoms with Crippen molar-refractivity contribution in [2.45, 2.75) is 31.9 Å².